The van der Waals surface area contributed by atoms with Gasteiger partial charge in [0, 0.05) is 27.6 Å². The molecular weight excluding hydrogens is 405 g/mol. The Bertz CT molecular complexity index is 1250. The second-order valence-corrected chi connectivity index (χ2v) is 10.9. The van der Waals surface area contributed by atoms with Crippen molar-refractivity contribution >= 4 is 58.1 Å². The third-order valence-corrected chi connectivity index (χ3v) is 6.32. The lowest BCUT2D eigenvalue weighted by atomic mass is 10.2. The second kappa shape index (κ2) is 7.54. The van der Waals surface area contributed by atoms with E-state index in [-0.39, 0.29) is 0 Å². The minimum absolute atomic E-state index is 0.379. The van der Waals surface area contributed by atoms with Crippen LogP contribution in [0.25, 0.3) is 10.9 Å². The van der Waals surface area contributed by atoms with Gasteiger partial charge in [-0.15, -0.1) is 0 Å². The molecule has 148 valence electrons. The van der Waals surface area contributed by atoms with Gasteiger partial charge in [0.05, 0.1) is 11.9 Å². The molecule has 2 heterocycles. The molecule has 2 aromatic heterocycles. The minimum atomic E-state index is -2.46. The third-order valence-electron chi connectivity index (χ3n) is 4.49. The highest BCUT2D eigenvalue weighted by Crippen LogP contribution is 2.38. The monoisotopic (exact) mass is 425 g/mol. The maximum Gasteiger partial charge on any atom is 0.229 e. The van der Waals surface area contributed by atoms with Crippen LogP contribution in [0.5, 0.6) is 0 Å². The van der Waals surface area contributed by atoms with Crippen molar-refractivity contribution in [3.05, 3.63) is 65.4 Å². The zero-order chi connectivity index (χ0) is 20.6. The van der Waals surface area contributed by atoms with E-state index in [1.54, 1.807) is 13.3 Å². The summed E-state index contributed by atoms with van der Waals surface area (Å²) in [5.41, 5.74) is 3.77. The summed E-state index contributed by atoms with van der Waals surface area (Å²) < 4.78 is 12.6. The first kappa shape index (κ1) is 19.5. The van der Waals surface area contributed by atoms with E-state index in [2.05, 4.69) is 31.7 Å². The number of rotatable bonds is 5. The molecule has 3 N–H and O–H groups in total. The van der Waals surface area contributed by atoms with Crippen LogP contribution >= 0.6 is 18.7 Å². The number of fused-ring (bicyclic) bond motifs is 1. The molecule has 29 heavy (non-hydrogen) atoms. The summed E-state index contributed by atoms with van der Waals surface area (Å²) >= 11 is 6.31. The standard InChI is InChI=1S/C21H21ClN5OP/c1-13-10-14-11-15(8-9-17(14)24-13)25-21-23-12-16(22)20(27-21)26-18-6-4-5-7-19(18)29(2,3)28/h4-12,24H,1-3H3,(H2,23,25,26,27). The number of aromatic amines is 1. The number of nitrogens with one attached hydrogen (secondary N) is 3. The number of hydrogen-bond donors (Lipinski definition) is 3. The molecule has 0 amide bonds. The molecular formula is C21H21ClN5OP. The highest BCUT2D eigenvalue weighted by molar-refractivity contribution is 7.70. The molecule has 0 bridgehead atoms. The van der Waals surface area contributed by atoms with Crippen molar-refractivity contribution in [2.24, 2.45) is 0 Å². The molecule has 0 saturated heterocycles. The molecule has 0 radical (unpaired) electrons. The number of H-pyrrole nitrogens is 1. The SMILES string of the molecule is Cc1cc2cc(Nc3ncc(Cl)c(Nc4ccccc4P(C)(C)=O)n3)ccc2[nH]1. The number of anilines is 4. The van der Waals surface area contributed by atoms with Gasteiger partial charge < -0.3 is 20.2 Å². The Morgan fingerprint density at radius 2 is 1.86 bits per heavy atom. The number of aryl methyl sites for hydroxylation is 1. The van der Waals surface area contributed by atoms with Crippen molar-refractivity contribution in [2.45, 2.75) is 6.92 Å². The van der Waals surface area contributed by atoms with Crippen LogP contribution in [0.2, 0.25) is 5.02 Å². The smallest absolute Gasteiger partial charge is 0.229 e. The average Bonchev–Trinajstić information content (AvgIpc) is 3.03. The lowest BCUT2D eigenvalue weighted by molar-refractivity contribution is 0.588. The molecule has 0 spiro atoms. The molecule has 2 aromatic carbocycles. The van der Waals surface area contributed by atoms with Crippen LogP contribution in [-0.4, -0.2) is 28.3 Å². The predicted molar refractivity (Wildman–Crippen MR) is 122 cm³/mol. The number of hydrogen-bond acceptors (Lipinski definition) is 5. The maximum absolute atomic E-state index is 12.6. The normalized spacial score (nSPS) is 11.6. The van der Waals surface area contributed by atoms with Crippen molar-refractivity contribution in [2.75, 3.05) is 24.0 Å². The highest BCUT2D eigenvalue weighted by atomic mass is 35.5. The van der Waals surface area contributed by atoms with Crippen LogP contribution in [0.4, 0.5) is 23.1 Å². The first-order valence-corrected chi connectivity index (χ1v) is 12.1. The van der Waals surface area contributed by atoms with Crippen LogP contribution in [0.1, 0.15) is 5.69 Å². The van der Waals surface area contributed by atoms with E-state index in [1.807, 2.05) is 49.4 Å². The number of para-hydroxylation sites is 1. The average molecular weight is 426 g/mol. The van der Waals surface area contributed by atoms with Crippen LogP contribution in [-0.2, 0) is 4.57 Å². The molecule has 4 rings (SSSR count). The second-order valence-electron chi connectivity index (χ2n) is 7.26. The van der Waals surface area contributed by atoms with E-state index in [0.29, 0.717) is 16.8 Å². The van der Waals surface area contributed by atoms with Gasteiger partial charge in [0.25, 0.3) is 0 Å². The van der Waals surface area contributed by atoms with Gasteiger partial charge in [-0.1, -0.05) is 23.7 Å². The Kier molecular flexibility index (Phi) is 5.07. The van der Waals surface area contributed by atoms with Gasteiger partial charge in [-0.25, -0.2) is 4.98 Å². The fourth-order valence-corrected chi connectivity index (χ4v) is 4.47. The molecule has 0 unspecified atom stereocenters. The van der Waals surface area contributed by atoms with Gasteiger partial charge in [-0.05, 0) is 56.7 Å². The van der Waals surface area contributed by atoms with Crippen LogP contribution in [0.3, 0.4) is 0 Å². The number of aromatic nitrogens is 3. The van der Waals surface area contributed by atoms with Crippen molar-refractivity contribution in [3.63, 3.8) is 0 Å². The summed E-state index contributed by atoms with van der Waals surface area (Å²) in [5, 5.41) is 8.65. The number of benzene rings is 2. The molecule has 0 saturated carbocycles. The Hall–Kier alpha value is -2.82. The molecule has 0 aliphatic rings. The van der Waals surface area contributed by atoms with Gasteiger partial charge >= 0.3 is 0 Å². The molecule has 0 atom stereocenters. The Balaban J connectivity index is 1.63. The van der Waals surface area contributed by atoms with Gasteiger partial charge in [-0.2, -0.15) is 4.98 Å². The van der Waals surface area contributed by atoms with E-state index in [4.69, 9.17) is 11.6 Å². The highest BCUT2D eigenvalue weighted by Gasteiger charge is 2.17. The topological polar surface area (TPSA) is 82.7 Å². The maximum atomic E-state index is 12.6. The fraction of sp³-hybridized carbons (Fsp3) is 0.143. The van der Waals surface area contributed by atoms with E-state index in [9.17, 15) is 4.57 Å². The summed E-state index contributed by atoms with van der Waals surface area (Å²) in [4.78, 5) is 12.1. The summed E-state index contributed by atoms with van der Waals surface area (Å²) in [6.45, 7) is 5.50. The Morgan fingerprint density at radius 3 is 2.66 bits per heavy atom. The molecule has 0 aliphatic carbocycles. The summed E-state index contributed by atoms with van der Waals surface area (Å²) in [5.74, 6) is 0.862. The first-order chi connectivity index (χ1) is 13.8. The van der Waals surface area contributed by atoms with E-state index in [1.165, 1.54) is 6.20 Å². The molecule has 0 aliphatic heterocycles. The Morgan fingerprint density at radius 1 is 1.07 bits per heavy atom. The molecule has 6 nitrogen and oxygen atoms in total. The van der Waals surface area contributed by atoms with Gasteiger partial charge in [0.1, 0.15) is 12.2 Å². The first-order valence-electron chi connectivity index (χ1n) is 9.10. The summed E-state index contributed by atoms with van der Waals surface area (Å²) in [6.07, 6.45) is 1.54. The van der Waals surface area contributed by atoms with Crippen molar-refractivity contribution in [3.8, 4) is 0 Å². The summed E-state index contributed by atoms with van der Waals surface area (Å²) in [7, 11) is -2.46. The van der Waals surface area contributed by atoms with Gasteiger partial charge in [-0.3, -0.25) is 0 Å². The van der Waals surface area contributed by atoms with Crippen LogP contribution in [0.15, 0.2) is 54.7 Å². The van der Waals surface area contributed by atoms with Crippen molar-refractivity contribution in [1.29, 1.82) is 0 Å². The largest absolute Gasteiger partial charge is 0.359 e. The quantitative estimate of drug-likeness (QED) is 0.360. The van der Waals surface area contributed by atoms with Gasteiger partial charge in [0.2, 0.25) is 5.95 Å². The zero-order valence-electron chi connectivity index (χ0n) is 16.3. The van der Waals surface area contributed by atoms with Crippen molar-refractivity contribution < 1.29 is 4.57 Å². The van der Waals surface area contributed by atoms with Crippen LogP contribution in [0, 0.1) is 6.92 Å². The van der Waals surface area contributed by atoms with E-state index < -0.39 is 7.14 Å². The predicted octanol–water partition coefficient (Wildman–Crippen LogP) is 5.65. The molecule has 8 heteroatoms. The third kappa shape index (κ3) is 4.29. The number of halogens is 1. The number of nitrogens with zero attached hydrogens (tertiary/aromatic N) is 2. The van der Waals surface area contributed by atoms with Gasteiger partial charge in [0.15, 0.2) is 5.82 Å². The zero-order valence-corrected chi connectivity index (χ0v) is 18.0. The minimum Gasteiger partial charge on any atom is -0.359 e. The lowest BCUT2D eigenvalue weighted by Gasteiger charge is -2.15. The van der Waals surface area contributed by atoms with E-state index in [0.717, 1.165) is 33.3 Å². The fourth-order valence-electron chi connectivity index (χ4n) is 3.18. The molecule has 0 fully saturated rings. The van der Waals surface area contributed by atoms with Crippen LogP contribution < -0.4 is 15.9 Å². The molecule has 4 aromatic rings. The lowest BCUT2D eigenvalue weighted by Crippen LogP contribution is -2.10. The van der Waals surface area contributed by atoms with Crippen molar-refractivity contribution in [1.82, 2.24) is 15.0 Å². The van der Waals surface area contributed by atoms with E-state index >= 15 is 0 Å². The summed E-state index contributed by atoms with van der Waals surface area (Å²) in [6, 6.07) is 15.6. The Labute approximate surface area is 174 Å².